The minimum atomic E-state index is -0.851. The zero-order valence-electron chi connectivity index (χ0n) is 20.1. The Balaban J connectivity index is 1.79. The quantitative estimate of drug-likeness (QED) is 0.443. The number of nitrogens with zero attached hydrogens (tertiary/aromatic N) is 2. The molecule has 0 saturated carbocycles. The fourth-order valence-corrected chi connectivity index (χ4v) is 4.10. The average molecular weight is 477 g/mol. The number of ether oxygens (including phenoxy) is 2. The van der Waals surface area contributed by atoms with Crippen LogP contribution >= 0.6 is 0 Å². The molecular weight excluding hydrogens is 448 g/mol. The predicted octanol–water partition coefficient (Wildman–Crippen LogP) is 4.80. The molecule has 8 nitrogen and oxygen atoms in total. The largest absolute Gasteiger partial charge is 0.503 e. The normalized spacial score (nSPS) is 15.9. The molecule has 8 heteroatoms. The van der Waals surface area contributed by atoms with Crippen molar-refractivity contribution in [2.75, 3.05) is 25.2 Å². The lowest BCUT2D eigenvalue weighted by atomic mass is 9.90. The number of carbonyl (C=O) groups excluding carboxylic acids is 2. The van der Waals surface area contributed by atoms with Gasteiger partial charge in [-0.2, -0.15) is 0 Å². The number of ketones is 1. The zero-order valence-corrected chi connectivity index (χ0v) is 20.1. The second-order valence-electron chi connectivity index (χ2n) is 8.61. The molecule has 0 bridgehead atoms. The zero-order chi connectivity index (χ0) is 25.1. The van der Waals surface area contributed by atoms with Crippen LogP contribution in [0.4, 0.5) is 5.69 Å². The summed E-state index contributed by atoms with van der Waals surface area (Å²) in [7, 11) is 1.58. The van der Waals surface area contributed by atoms with Crippen molar-refractivity contribution in [1.29, 1.82) is 0 Å². The van der Waals surface area contributed by atoms with E-state index in [4.69, 9.17) is 14.0 Å². The Bertz CT molecular complexity index is 1260. The maximum absolute atomic E-state index is 13.3. The summed E-state index contributed by atoms with van der Waals surface area (Å²) in [6.07, 6.45) is 0. The first-order valence-corrected chi connectivity index (χ1v) is 11.4. The van der Waals surface area contributed by atoms with Gasteiger partial charge in [0, 0.05) is 35.9 Å². The molecule has 1 N–H and O–H groups in total. The highest BCUT2D eigenvalue weighted by Gasteiger charge is 2.45. The molecule has 0 aliphatic carbocycles. The highest BCUT2D eigenvalue weighted by atomic mass is 16.5. The van der Waals surface area contributed by atoms with Gasteiger partial charge in [0.1, 0.15) is 23.8 Å². The smallest absolute Gasteiger partial charge is 0.294 e. The van der Waals surface area contributed by atoms with Gasteiger partial charge >= 0.3 is 0 Å². The number of benzene rings is 2. The Hall–Kier alpha value is -3.91. The van der Waals surface area contributed by atoms with E-state index in [-0.39, 0.29) is 11.4 Å². The summed E-state index contributed by atoms with van der Waals surface area (Å²) in [5.41, 5.74) is 2.67. The van der Waals surface area contributed by atoms with Crippen molar-refractivity contribution in [3.8, 4) is 17.0 Å². The molecule has 35 heavy (non-hydrogen) atoms. The van der Waals surface area contributed by atoms with Crippen LogP contribution in [0.15, 0.2) is 70.5 Å². The molecule has 1 aromatic heterocycles. The molecule has 2 heterocycles. The number of aliphatic hydroxyl groups excluding tert-OH is 1. The number of aromatic nitrogens is 1. The molecule has 1 atom stereocenters. The summed E-state index contributed by atoms with van der Waals surface area (Å²) >= 11 is 0. The summed E-state index contributed by atoms with van der Waals surface area (Å²) < 4.78 is 16.2. The first-order chi connectivity index (χ1) is 16.8. The van der Waals surface area contributed by atoms with Crippen molar-refractivity contribution in [2.24, 2.45) is 5.92 Å². The Morgan fingerprint density at radius 2 is 1.86 bits per heavy atom. The highest BCUT2D eigenvalue weighted by molar-refractivity contribution is 6.17. The fourth-order valence-electron chi connectivity index (χ4n) is 4.10. The first kappa shape index (κ1) is 24.2. The summed E-state index contributed by atoms with van der Waals surface area (Å²) in [4.78, 5) is 28.0. The van der Waals surface area contributed by atoms with Crippen LogP contribution in [-0.4, -0.2) is 42.3 Å². The van der Waals surface area contributed by atoms with Gasteiger partial charge in [-0.3, -0.25) is 14.5 Å². The van der Waals surface area contributed by atoms with E-state index >= 15 is 0 Å². The van der Waals surface area contributed by atoms with Gasteiger partial charge in [0.25, 0.3) is 5.91 Å². The van der Waals surface area contributed by atoms with Gasteiger partial charge in [0.05, 0.1) is 18.2 Å². The summed E-state index contributed by atoms with van der Waals surface area (Å²) in [6, 6.07) is 15.3. The number of hydrogen-bond donors (Lipinski definition) is 1. The number of amides is 1. The minimum Gasteiger partial charge on any atom is -0.503 e. The fraction of sp³-hybridized carbons (Fsp3) is 0.296. The van der Waals surface area contributed by atoms with Crippen LogP contribution < -0.4 is 9.64 Å². The van der Waals surface area contributed by atoms with E-state index in [9.17, 15) is 14.7 Å². The van der Waals surface area contributed by atoms with Gasteiger partial charge < -0.3 is 19.1 Å². The van der Waals surface area contributed by atoms with Crippen LogP contribution in [0.3, 0.4) is 0 Å². The van der Waals surface area contributed by atoms with Gasteiger partial charge in [-0.1, -0.05) is 49.3 Å². The number of hydrogen-bond acceptors (Lipinski definition) is 7. The number of methoxy groups -OCH3 is 1. The molecule has 0 radical (unpaired) electrons. The maximum atomic E-state index is 13.3. The molecule has 1 amide bonds. The molecular formula is C27H28N2O6. The van der Waals surface area contributed by atoms with E-state index in [1.54, 1.807) is 45.2 Å². The van der Waals surface area contributed by atoms with Crippen LogP contribution in [0.5, 0.6) is 5.75 Å². The molecule has 3 aromatic rings. The van der Waals surface area contributed by atoms with Gasteiger partial charge in [-0.25, -0.2) is 0 Å². The van der Waals surface area contributed by atoms with Crippen molar-refractivity contribution in [3.05, 3.63) is 77.3 Å². The number of para-hydroxylation sites is 1. The predicted molar refractivity (Wildman–Crippen MR) is 130 cm³/mol. The van der Waals surface area contributed by atoms with Crippen molar-refractivity contribution in [3.63, 3.8) is 0 Å². The molecule has 0 fully saturated rings. The lowest BCUT2D eigenvalue weighted by Crippen LogP contribution is -2.31. The first-order valence-electron chi connectivity index (χ1n) is 11.4. The Labute approximate surface area is 203 Å². The minimum absolute atomic E-state index is 0.0593. The van der Waals surface area contributed by atoms with Crippen LogP contribution in [0.1, 0.15) is 31.2 Å². The topological polar surface area (TPSA) is 102 Å². The molecule has 1 aliphatic heterocycles. The maximum Gasteiger partial charge on any atom is 0.294 e. The molecule has 2 aromatic carbocycles. The van der Waals surface area contributed by atoms with Crippen molar-refractivity contribution < 1.29 is 28.7 Å². The average Bonchev–Trinajstić information content (AvgIpc) is 3.40. The molecule has 1 unspecified atom stereocenters. The molecule has 4 rings (SSSR count). The summed E-state index contributed by atoms with van der Waals surface area (Å²) in [6.45, 7) is 5.96. The number of Topliss-reactive ketones (excluding diaryl/α,β-unsaturated/α-hetero) is 1. The lowest BCUT2D eigenvalue weighted by Gasteiger charge is -2.28. The second kappa shape index (κ2) is 10.1. The molecule has 0 spiro atoms. The van der Waals surface area contributed by atoms with Gasteiger partial charge in [-0.15, -0.1) is 0 Å². The summed E-state index contributed by atoms with van der Waals surface area (Å²) in [5.74, 6) is -0.709. The van der Waals surface area contributed by atoms with Crippen LogP contribution in [-0.2, 0) is 14.3 Å². The highest BCUT2D eigenvalue weighted by Crippen LogP contribution is 2.44. The third kappa shape index (κ3) is 4.70. The van der Waals surface area contributed by atoms with Crippen molar-refractivity contribution >= 4 is 17.4 Å². The van der Waals surface area contributed by atoms with E-state index in [1.165, 1.54) is 4.90 Å². The number of anilines is 1. The Morgan fingerprint density at radius 1 is 1.14 bits per heavy atom. The van der Waals surface area contributed by atoms with Crippen LogP contribution in [0.25, 0.3) is 11.3 Å². The Kier molecular flexibility index (Phi) is 7.02. The third-order valence-corrected chi connectivity index (χ3v) is 5.83. The van der Waals surface area contributed by atoms with Crippen molar-refractivity contribution in [1.82, 2.24) is 5.16 Å². The number of aliphatic hydroxyl groups is 1. The summed E-state index contributed by atoms with van der Waals surface area (Å²) in [5, 5.41) is 14.9. The number of aryl methyl sites for hydroxylation is 1. The lowest BCUT2D eigenvalue weighted by molar-refractivity contribution is -0.119. The molecule has 1 aliphatic rings. The standard InChI is InChI=1S/C27H28N2O6/c1-16(2)25(30)23-24(20-7-5-6-8-22(20)34-14-13-33-4)29(27(32)26(23)31)19-11-9-18(10-12-19)21-15-17(3)35-28-21/h5-12,15-16,24,31H,13-14H2,1-4H3. The number of rotatable bonds is 9. The van der Waals surface area contributed by atoms with E-state index in [2.05, 4.69) is 5.16 Å². The second-order valence-corrected chi connectivity index (χ2v) is 8.61. The molecule has 182 valence electrons. The van der Waals surface area contributed by atoms with Gasteiger partial charge in [-0.05, 0) is 25.1 Å². The monoisotopic (exact) mass is 476 g/mol. The third-order valence-electron chi connectivity index (χ3n) is 5.83. The van der Waals surface area contributed by atoms with Gasteiger partial charge in [0.2, 0.25) is 0 Å². The van der Waals surface area contributed by atoms with E-state index in [0.29, 0.717) is 41.7 Å². The molecule has 0 saturated heterocycles. The van der Waals surface area contributed by atoms with E-state index in [0.717, 1.165) is 5.56 Å². The number of carbonyl (C=O) groups is 2. The van der Waals surface area contributed by atoms with Crippen LogP contribution in [0, 0.1) is 12.8 Å². The SMILES string of the molecule is COCCOc1ccccc1C1C(C(=O)C(C)C)=C(O)C(=O)N1c1ccc(-c2cc(C)on2)cc1. The van der Waals surface area contributed by atoms with Gasteiger partial charge in [0.15, 0.2) is 11.5 Å². The Morgan fingerprint density at radius 3 is 2.49 bits per heavy atom. The van der Waals surface area contributed by atoms with Crippen LogP contribution in [0.2, 0.25) is 0 Å². The van der Waals surface area contributed by atoms with E-state index in [1.807, 2.05) is 37.3 Å². The van der Waals surface area contributed by atoms with Crippen molar-refractivity contribution in [2.45, 2.75) is 26.8 Å². The van der Waals surface area contributed by atoms with E-state index < -0.39 is 23.6 Å².